The fourth-order valence-corrected chi connectivity index (χ4v) is 9.32. The van der Waals surface area contributed by atoms with E-state index in [9.17, 15) is 9.90 Å². The molecule has 1 heterocycles. The molecule has 3 aliphatic rings. The molecule has 0 unspecified atom stereocenters. The number of methoxy groups -OCH3 is 1. The molecule has 0 aliphatic heterocycles. The van der Waals surface area contributed by atoms with Crippen LogP contribution in [0.1, 0.15) is 70.8 Å². The van der Waals surface area contributed by atoms with Gasteiger partial charge in [0.15, 0.2) is 25.5 Å². The Morgan fingerprint density at radius 3 is 2.41 bits per heavy atom. The zero-order valence-corrected chi connectivity index (χ0v) is 30.4. The summed E-state index contributed by atoms with van der Waals surface area (Å²) in [5.41, 5.74) is 0.668. The van der Waals surface area contributed by atoms with Crippen LogP contribution in [-0.2, 0) is 17.5 Å². The number of hydrogen-bond donors (Lipinski definition) is 1. The molecule has 0 bridgehead atoms. The maximum atomic E-state index is 15.3. The third-order valence-electron chi connectivity index (χ3n) is 11.2. The number of aliphatic hydroxyl groups is 1. The van der Waals surface area contributed by atoms with E-state index < -0.39 is 31.7 Å². The van der Waals surface area contributed by atoms with Gasteiger partial charge < -0.3 is 23.5 Å². The third-order valence-corrected chi connectivity index (χ3v) is 15.6. The van der Waals surface area contributed by atoms with Gasteiger partial charge in [-0.1, -0.05) is 81.4 Å². The van der Waals surface area contributed by atoms with Crippen LogP contribution in [0.4, 0.5) is 0 Å². The second-order valence-corrected chi connectivity index (χ2v) is 20.1. The summed E-state index contributed by atoms with van der Waals surface area (Å²) in [5.74, 6) is -1.21. The van der Waals surface area contributed by atoms with Crippen molar-refractivity contribution in [2.75, 3.05) is 21.2 Å². The number of allylic oxidation sites excluding steroid dienone is 1. The largest absolute Gasteiger partial charge is 0.508 e. The highest BCUT2D eigenvalue weighted by atomic mass is 28.4. The smallest absolute Gasteiger partial charge is 0.265 e. The molecule has 4 atom stereocenters. The summed E-state index contributed by atoms with van der Waals surface area (Å²) in [6.45, 7) is 10.6. The highest BCUT2D eigenvalue weighted by Gasteiger charge is 2.67. The molecule has 0 saturated heterocycles. The number of aromatic nitrogens is 1. The van der Waals surface area contributed by atoms with E-state index in [0.29, 0.717) is 29.9 Å². The lowest BCUT2D eigenvalue weighted by molar-refractivity contribution is -0.0480. The van der Waals surface area contributed by atoms with E-state index in [1.807, 2.05) is 79.7 Å². The molecule has 0 saturated carbocycles. The second-order valence-electron chi connectivity index (χ2n) is 15.3. The van der Waals surface area contributed by atoms with Crippen molar-refractivity contribution in [3.8, 4) is 11.6 Å². The Bertz CT molecular complexity index is 2010. The van der Waals surface area contributed by atoms with Crippen LogP contribution in [0.2, 0.25) is 18.1 Å². The van der Waals surface area contributed by atoms with Crippen molar-refractivity contribution in [1.82, 2.24) is 10.1 Å². The van der Waals surface area contributed by atoms with Gasteiger partial charge in [-0.15, -0.1) is 0 Å². The molecular weight excluding hydrogens is 637 g/mol. The number of carbonyl (C=O) groups is 2. The summed E-state index contributed by atoms with van der Waals surface area (Å²) in [4.78, 5) is 32.1. The first-order chi connectivity index (χ1) is 23.2. The van der Waals surface area contributed by atoms with Crippen molar-refractivity contribution in [2.24, 2.45) is 11.8 Å². The molecule has 0 fully saturated rings. The van der Waals surface area contributed by atoms with Crippen molar-refractivity contribution in [3.63, 3.8) is 0 Å². The van der Waals surface area contributed by atoms with Crippen LogP contribution in [0.5, 0.6) is 11.6 Å². The van der Waals surface area contributed by atoms with Gasteiger partial charge in [-0.3, -0.25) is 14.5 Å². The van der Waals surface area contributed by atoms with Crippen LogP contribution < -0.4 is 9.47 Å². The Morgan fingerprint density at radius 1 is 1.04 bits per heavy atom. The monoisotopic (exact) mass is 680 g/mol. The minimum absolute atomic E-state index is 0.0424. The van der Waals surface area contributed by atoms with Crippen molar-refractivity contribution < 1.29 is 33.1 Å². The first-order valence-corrected chi connectivity index (χ1v) is 19.8. The van der Waals surface area contributed by atoms with Gasteiger partial charge >= 0.3 is 0 Å². The van der Waals surface area contributed by atoms with E-state index in [0.717, 1.165) is 21.9 Å². The summed E-state index contributed by atoms with van der Waals surface area (Å²) in [5, 5.41) is 18.5. The molecule has 7 rings (SSSR count). The van der Waals surface area contributed by atoms with Crippen molar-refractivity contribution in [2.45, 2.75) is 70.0 Å². The Labute approximate surface area is 288 Å². The minimum atomic E-state index is -2.81. The Hall–Kier alpha value is -4.25. The SMILES string of the molecule is COc1c2c(cc3ccccc13)C[C@H]1C[C@H]3[C@H](N(C)C)c4onc(OCc5ccccc5)c4C(=O)[C@@]3(O[Si](C)(C)C(C)(C)C)C(O)=C1C2=O. The van der Waals surface area contributed by atoms with Gasteiger partial charge in [-0.25, -0.2) is 0 Å². The number of ether oxygens (including phenoxy) is 2. The number of ketones is 2. The average Bonchev–Trinajstić information content (AvgIpc) is 3.47. The molecule has 4 aromatic rings. The Balaban J connectivity index is 1.46. The number of nitrogens with zero attached hydrogens (tertiary/aromatic N) is 2. The Morgan fingerprint density at radius 2 is 1.73 bits per heavy atom. The molecule has 256 valence electrons. The summed E-state index contributed by atoms with van der Waals surface area (Å²) in [6.07, 6.45) is 0.903. The molecule has 0 radical (unpaired) electrons. The van der Waals surface area contributed by atoms with Gasteiger partial charge in [0.1, 0.15) is 23.7 Å². The summed E-state index contributed by atoms with van der Waals surface area (Å²) in [6, 6.07) is 19.0. The van der Waals surface area contributed by atoms with Gasteiger partial charge in [0.2, 0.25) is 5.78 Å². The minimum Gasteiger partial charge on any atom is -0.508 e. The molecule has 3 aromatic carbocycles. The molecule has 9 nitrogen and oxygen atoms in total. The zero-order chi connectivity index (χ0) is 35.0. The molecule has 0 amide bonds. The standard InChI is InChI=1S/C39H44N2O7Si/c1-38(2,3)49(7,8)48-39-27(31(41(4)5)34-30(36(39)44)37(40-47-34)46-21-22-14-10-9-11-15-22)20-25-19-24-18-23-16-12-13-17-26(23)33(45-6)28(24)32(42)29(25)35(39)43/h9-18,25,27,31,43H,19-21H2,1-8H3/t25-,27-,31-,39-/m0/s1. The number of rotatable bonds is 7. The summed E-state index contributed by atoms with van der Waals surface area (Å²) >= 11 is 0. The molecule has 1 aromatic heterocycles. The molecular formula is C39H44N2O7Si. The number of fused-ring (bicyclic) bond motifs is 5. The average molecular weight is 681 g/mol. The predicted molar refractivity (Wildman–Crippen MR) is 189 cm³/mol. The van der Waals surface area contributed by atoms with Crippen molar-refractivity contribution in [3.05, 3.63) is 100 Å². The lowest BCUT2D eigenvalue weighted by atomic mass is 9.58. The Kier molecular flexibility index (Phi) is 7.92. The second kappa shape index (κ2) is 11.7. The third kappa shape index (κ3) is 4.98. The maximum absolute atomic E-state index is 15.3. The van der Waals surface area contributed by atoms with E-state index >= 15 is 4.79 Å². The van der Waals surface area contributed by atoms with Crippen LogP contribution in [0.3, 0.4) is 0 Å². The maximum Gasteiger partial charge on any atom is 0.265 e. The van der Waals surface area contributed by atoms with Gasteiger partial charge in [0.25, 0.3) is 5.88 Å². The molecule has 49 heavy (non-hydrogen) atoms. The number of carbonyl (C=O) groups excluding carboxylic acids is 2. The van der Waals surface area contributed by atoms with Crippen LogP contribution >= 0.6 is 0 Å². The van der Waals surface area contributed by atoms with Crippen LogP contribution in [0.25, 0.3) is 10.8 Å². The van der Waals surface area contributed by atoms with Crippen molar-refractivity contribution in [1.29, 1.82) is 0 Å². The quantitative estimate of drug-likeness (QED) is 0.195. The molecule has 10 heteroatoms. The van der Waals surface area contributed by atoms with Gasteiger partial charge in [0.05, 0.1) is 18.7 Å². The van der Waals surface area contributed by atoms with Crippen molar-refractivity contribution >= 4 is 30.7 Å². The zero-order valence-electron chi connectivity index (χ0n) is 29.4. The van der Waals surface area contributed by atoms with E-state index in [2.05, 4.69) is 39.0 Å². The van der Waals surface area contributed by atoms with Crippen LogP contribution in [0, 0.1) is 11.8 Å². The van der Waals surface area contributed by atoms with E-state index in [-0.39, 0.29) is 46.1 Å². The van der Waals surface area contributed by atoms with Gasteiger partial charge in [0, 0.05) is 16.9 Å². The van der Waals surface area contributed by atoms with E-state index in [1.54, 1.807) is 7.11 Å². The first kappa shape index (κ1) is 33.3. The topological polar surface area (TPSA) is 111 Å². The molecule has 0 spiro atoms. The highest BCUT2D eigenvalue weighted by Crippen LogP contribution is 2.60. The first-order valence-electron chi connectivity index (χ1n) is 16.9. The highest BCUT2D eigenvalue weighted by molar-refractivity contribution is 6.74. The van der Waals surface area contributed by atoms with E-state index in [1.165, 1.54) is 0 Å². The van der Waals surface area contributed by atoms with Crippen LogP contribution in [0.15, 0.2) is 76.5 Å². The molecule has 1 N–H and O–H groups in total. The number of aliphatic hydroxyl groups excluding tert-OH is 1. The van der Waals surface area contributed by atoms with Crippen LogP contribution in [-0.4, -0.2) is 61.9 Å². The summed E-state index contributed by atoms with van der Waals surface area (Å²) < 4.78 is 25.3. The predicted octanol–water partition coefficient (Wildman–Crippen LogP) is 7.86. The molecule has 3 aliphatic carbocycles. The van der Waals surface area contributed by atoms with E-state index in [4.69, 9.17) is 18.4 Å². The number of Topliss-reactive ketones (excluding diaryl/α,β-unsaturated/α-hetero) is 2. The number of hydrogen-bond acceptors (Lipinski definition) is 9. The lowest BCUT2D eigenvalue weighted by Crippen LogP contribution is -2.65. The lowest BCUT2D eigenvalue weighted by Gasteiger charge is -2.55. The van der Waals surface area contributed by atoms with Gasteiger partial charge in [-0.05, 0) is 72.7 Å². The fraction of sp³-hybridized carbons (Fsp3) is 0.410. The fourth-order valence-electron chi connectivity index (χ4n) is 7.87. The number of benzene rings is 3. The normalized spacial score (nSPS) is 23.7. The van der Waals surface area contributed by atoms with Gasteiger partial charge in [-0.2, -0.15) is 0 Å². The summed E-state index contributed by atoms with van der Waals surface area (Å²) in [7, 11) is 2.59.